The number of ether oxygens (including phenoxy) is 1. The maximum Gasteiger partial charge on any atom is 0.211 e. The molecular weight excluding hydrogens is 252 g/mol. The maximum atomic E-state index is 11.6. The number of nitrogens with one attached hydrogen (secondary N) is 2. The lowest BCUT2D eigenvalue weighted by Crippen LogP contribution is -2.31. The fraction of sp³-hybridized carbons (Fsp3) is 1.00. The molecule has 0 amide bonds. The zero-order valence-electron chi connectivity index (χ0n) is 11.3. The summed E-state index contributed by atoms with van der Waals surface area (Å²) in [6, 6.07) is 0.646. The Morgan fingerprint density at radius 2 is 1.94 bits per heavy atom. The molecule has 0 aromatic heterocycles. The number of hydrogen-bond acceptors (Lipinski definition) is 4. The SMILES string of the molecule is CCCCOCCNS(=O)(=O)CCCNC1CC1. The Kier molecular flexibility index (Phi) is 7.81. The quantitative estimate of drug-likeness (QED) is 0.520. The highest BCUT2D eigenvalue weighted by atomic mass is 32.2. The van der Waals surface area contributed by atoms with Crippen LogP contribution < -0.4 is 10.0 Å². The molecule has 0 spiro atoms. The van der Waals surface area contributed by atoms with Crippen molar-refractivity contribution in [3.63, 3.8) is 0 Å². The van der Waals surface area contributed by atoms with Crippen molar-refractivity contribution in [2.75, 3.05) is 32.1 Å². The van der Waals surface area contributed by atoms with Gasteiger partial charge in [-0.1, -0.05) is 13.3 Å². The van der Waals surface area contributed by atoms with Crippen molar-refractivity contribution in [2.45, 2.75) is 45.1 Å². The van der Waals surface area contributed by atoms with Gasteiger partial charge in [0.1, 0.15) is 0 Å². The first kappa shape index (κ1) is 15.9. The monoisotopic (exact) mass is 278 g/mol. The maximum absolute atomic E-state index is 11.6. The van der Waals surface area contributed by atoms with E-state index < -0.39 is 10.0 Å². The average Bonchev–Trinajstić information content (AvgIpc) is 3.13. The van der Waals surface area contributed by atoms with Crippen LogP contribution in [0.4, 0.5) is 0 Å². The van der Waals surface area contributed by atoms with E-state index in [1.165, 1.54) is 12.8 Å². The van der Waals surface area contributed by atoms with E-state index in [0.717, 1.165) is 19.4 Å². The Morgan fingerprint density at radius 1 is 1.17 bits per heavy atom. The van der Waals surface area contributed by atoms with Crippen LogP contribution in [-0.2, 0) is 14.8 Å². The summed E-state index contributed by atoms with van der Waals surface area (Å²) in [4.78, 5) is 0. The van der Waals surface area contributed by atoms with E-state index in [1.807, 2.05) is 0 Å². The van der Waals surface area contributed by atoms with Gasteiger partial charge < -0.3 is 10.1 Å². The average molecular weight is 278 g/mol. The molecule has 1 aliphatic rings. The Balaban J connectivity index is 1.93. The Labute approximate surface area is 111 Å². The van der Waals surface area contributed by atoms with Crippen LogP contribution in [0.3, 0.4) is 0 Å². The first-order chi connectivity index (χ1) is 8.64. The first-order valence-electron chi connectivity index (χ1n) is 6.92. The number of unbranched alkanes of at least 4 members (excludes halogenated alkanes) is 1. The minimum atomic E-state index is -3.12. The Hall–Kier alpha value is -0.170. The molecule has 1 fully saturated rings. The third kappa shape index (κ3) is 8.85. The lowest BCUT2D eigenvalue weighted by molar-refractivity contribution is 0.136. The Morgan fingerprint density at radius 3 is 2.61 bits per heavy atom. The highest BCUT2D eigenvalue weighted by Gasteiger charge is 2.20. The molecule has 108 valence electrons. The largest absolute Gasteiger partial charge is 0.380 e. The fourth-order valence-electron chi connectivity index (χ4n) is 1.55. The molecule has 2 N–H and O–H groups in total. The summed E-state index contributed by atoms with van der Waals surface area (Å²) in [5, 5.41) is 3.30. The molecule has 0 aliphatic heterocycles. The van der Waals surface area contributed by atoms with Gasteiger partial charge in [-0.3, -0.25) is 0 Å². The molecule has 0 aromatic carbocycles. The Bertz CT molecular complexity index is 302. The molecular formula is C12H26N2O3S. The third-order valence-corrected chi connectivity index (χ3v) is 4.28. The highest BCUT2D eigenvalue weighted by Crippen LogP contribution is 2.18. The van der Waals surface area contributed by atoms with E-state index >= 15 is 0 Å². The van der Waals surface area contributed by atoms with Gasteiger partial charge in [0.05, 0.1) is 12.4 Å². The number of sulfonamides is 1. The van der Waals surface area contributed by atoms with Crippen molar-refractivity contribution < 1.29 is 13.2 Å². The zero-order chi connectivity index (χ0) is 13.3. The van der Waals surface area contributed by atoms with E-state index in [-0.39, 0.29) is 5.75 Å². The molecule has 1 rings (SSSR count). The van der Waals surface area contributed by atoms with Crippen molar-refractivity contribution >= 4 is 10.0 Å². The first-order valence-corrected chi connectivity index (χ1v) is 8.58. The summed E-state index contributed by atoms with van der Waals surface area (Å²) in [7, 11) is -3.12. The van der Waals surface area contributed by atoms with E-state index in [1.54, 1.807) is 0 Å². The van der Waals surface area contributed by atoms with Crippen LogP contribution in [0.2, 0.25) is 0 Å². The van der Waals surface area contributed by atoms with Crippen molar-refractivity contribution in [3.05, 3.63) is 0 Å². The molecule has 5 nitrogen and oxygen atoms in total. The lowest BCUT2D eigenvalue weighted by Gasteiger charge is -2.07. The van der Waals surface area contributed by atoms with Gasteiger partial charge in [-0.25, -0.2) is 13.1 Å². The summed E-state index contributed by atoms with van der Waals surface area (Å²) in [6.45, 7) is 4.44. The van der Waals surface area contributed by atoms with Crippen LogP contribution in [0.25, 0.3) is 0 Å². The van der Waals surface area contributed by atoms with Crippen LogP contribution in [0, 0.1) is 0 Å². The van der Waals surface area contributed by atoms with E-state index in [0.29, 0.717) is 32.2 Å². The van der Waals surface area contributed by atoms with Gasteiger partial charge in [-0.15, -0.1) is 0 Å². The molecule has 18 heavy (non-hydrogen) atoms. The standard InChI is InChI=1S/C12H26N2O3S/c1-2-3-9-17-10-8-14-18(15,16)11-4-7-13-12-5-6-12/h12-14H,2-11H2,1H3. The minimum absolute atomic E-state index is 0.196. The van der Waals surface area contributed by atoms with Crippen LogP contribution in [0.1, 0.15) is 39.0 Å². The summed E-state index contributed by atoms with van der Waals surface area (Å²) in [6.07, 6.45) is 5.27. The smallest absolute Gasteiger partial charge is 0.211 e. The van der Waals surface area contributed by atoms with E-state index in [2.05, 4.69) is 17.0 Å². The lowest BCUT2D eigenvalue weighted by atomic mass is 10.4. The molecule has 0 aromatic rings. The summed E-state index contributed by atoms with van der Waals surface area (Å²) in [5.74, 6) is 0.196. The van der Waals surface area contributed by atoms with Crippen LogP contribution >= 0.6 is 0 Å². The van der Waals surface area contributed by atoms with Gasteiger partial charge >= 0.3 is 0 Å². The second-order valence-corrected chi connectivity index (χ2v) is 6.69. The summed E-state index contributed by atoms with van der Waals surface area (Å²) < 4.78 is 31.0. The fourth-order valence-corrected chi connectivity index (χ4v) is 2.61. The predicted molar refractivity (Wildman–Crippen MR) is 73.2 cm³/mol. The molecule has 0 atom stereocenters. The van der Waals surface area contributed by atoms with Crippen LogP contribution in [0.15, 0.2) is 0 Å². The molecule has 1 aliphatic carbocycles. The normalized spacial score (nSPS) is 16.1. The summed E-state index contributed by atoms with van der Waals surface area (Å²) in [5.41, 5.74) is 0. The highest BCUT2D eigenvalue weighted by molar-refractivity contribution is 7.89. The molecule has 0 heterocycles. The zero-order valence-corrected chi connectivity index (χ0v) is 12.1. The van der Waals surface area contributed by atoms with Crippen LogP contribution in [0.5, 0.6) is 0 Å². The molecule has 0 radical (unpaired) electrons. The second kappa shape index (κ2) is 8.85. The van der Waals surface area contributed by atoms with Gasteiger partial charge in [-0.2, -0.15) is 0 Å². The van der Waals surface area contributed by atoms with Crippen LogP contribution in [-0.4, -0.2) is 46.5 Å². The van der Waals surface area contributed by atoms with Gasteiger partial charge in [0.15, 0.2) is 0 Å². The van der Waals surface area contributed by atoms with Gasteiger partial charge in [0, 0.05) is 19.2 Å². The molecule has 0 bridgehead atoms. The predicted octanol–water partition coefficient (Wildman–Crippen LogP) is 0.865. The van der Waals surface area contributed by atoms with Crippen molar-refractivity contribution in [1.29, 1.82) is 0 Å². The van der Waals surface area contributed by atoms with Gasteiger partial charge in [0.25, 0.3) is 0 Å². The van der Waals surface area contributed by atoms with Crippen molar-refractivity contribution in [1.82, 2.24) is 10.0 Å². The van der Waals surface area contributed by atoms with Gasteiger partial charge in [-0.05, 0) is 32.2 Å². The van der Waals surface area contributed by atoms with Gasteiger partial charge in [0.2, 0.25) is 10.0 Å². The molecule has 0 saturated heterocycles. The van der Waals surface area contributed by atoms with Crippen molar-refractivity contribution in [2.24, 2.45) is 0 Å². The topological polar surface area (TPSA) is 67.4 Å². The molecule has 6 heteroatoms. The summed E-state index contributed by atoms with van der Waals surface area (Å²) >= 11 is 0. The second-order valence-electron chi connectivity index (χ2n) is 4.76. The van der Waals surface area contributed by atoms with E-state index in [4.69, 9.17) is 4.74 Å². The molecule has 1 saturated carbocycles. The number of hydrogen-bond donors (Lipinski definition) is 2. The van der Waals surface area contributed by atoms with Crippen molar-refractivity contribution in [3.8, 4) is 0 Å². The number of rotatable bonds is 12. The van der Waals surface area contributed by atoms with E-state index in [9.17, 15) is 8.42 Å². The third-order valence-electron chi connectivity index (χ3n) is 2.81. The molecule has 0 unspecified atom stereocenters. The minimum Gasteiger partial charge on any atom is -0.380 e.